The molecule has 0 saturated carbocycles. The molecule has 0 unspecified atom stereocenters. The van der Waals surface area contributed by atoms with Gasteiger partial charge in [0.1, 0.15) is 5.82 Å². The summed E-state index contributed by atoms with van der Waals surface area (Å²) in [5.74, 6) is 0.730. The van der Waals surface area contributed by atoms with Crippen LogP contribution in [0.3, 0.4) is 0 Å². The number of halogens is 1. The van der Waals surface area contributed by atoms with Crippen molar-refractivity contribution < 1.29 is 0 Å². The summed E-state index contributed by atoms with van der Waals surface area (Å²) in [6, 6.07) is 7.80. The van der Waals surface area contributed by atoms with Crippen molar-refractivity contribution in [1.82, 2.24) is 9.97 Å². The van der Waals surface area contributed by atoms with Crippen LogP contribution in [0.2, 0.25) is 5.02 Å². The Morgan fingerprint density at radius 2 is 2.11 bits per heavy atom. The lowest BCUT2D eigenvalue weighted by atomic mass is 10.2. The van der Waals surface area contributed by atoms with Gasteiger partial charge in [-0.3, -0.25) is 4.98 Å². The minimum Gasteiger partial charge on any atom is -0.353 e. The number of rotatable bonds is 4. The highest BCUT2D eigenvalue weighted by molar-refractivity contribution is 6.33. The van der Waals surface area contributed by atoms with Gasteiger partial charge >= 0.3 is 0 Å². The molecule has 2 N–H and O–H groups in total. The average Bonchev–Trinajstić information content (AvgIpc) is 2.39. The van der Waals surface area contributed by atoms with Crippen molar-refractivity contribution in [2.75, 3.05) is 11.9 Å². The summed E-state index contributed by atoms with van der Waals surface area (Å²) in [6.07, 6.45) is 1.73. The highest BCUT2D eigenvalue weighted by Gasteiger charge is 2.11. The second-order valence-electron chi connectivity index (χ2n) is 4.44. The van der Waals surface area contributed by atoms with Crippen LogP contribution in [0.4, 0.5) is 5.82 Å². The van der Waals surface area contributed by atoms with E-state index in [1.165, 1.54) is 0 Å². The normalized spacial score (nSPS) is 10.5. The Morgan fingerprint density at radius 1 is 1.32 bits per heavy atom. The highest BCUT2D eigenvalue weighted by Crippen LogP contribution is 2.26. The minimum absolute atomic E-state index is 0.408. The van der Waals surface area contributed by atoms with Crippen LogP contribution in [0.25, 0.3) is 0 Å². The van der Waals surface area contributed by atoms with Crippen LogP contribution >= 0.6 is 11.6 Å². The molecule has 19 heavy (non-hydrogen) atoms. The lowest BCUT2D eigenvalue weighted by molar-refractivity contribution is 0.856. The Bertz CT molecular complexity index is 571. The molecule has 2 aromatic heterocycles. The van der Waals surface area contributed by atoms with E-state index in [1.807, 2.05) is 43.1 Å². The number of nitrogens with zero attached hydrogens (tertiary/aromatic N) is 3. The first-order valence-corrected chi connectivity index (χ1v) is 6.46. The molecule has 5 heteroatoms. The summed E-state index contributed by atoms with van der Waals surface area (Å²) in [6.45, 7) is 3.04. The van der Waals surface area contributed by atoms with Crippen molar-refractivity contribution in [3.8, 4) is 0 Å². The van der Waals surface area contributed by atoms with E-state index in [2.05, 4.69) is 9.97 Å². The summed E-state index contributed by atoms with van der Waals surface area (Å²) >= 11 is 6.30. The first kappa shape index (κ1) is 13.8. The molecule has 0 amide bonds. The van der Waals surface area contributed by atoms with Crippen LogP contribution in [-0.4, -0.2) is 17.0 Å². The van der Waals surface area contributed by atoms with Gasteiger partial charge in [0.25, 0.3) is 0 Å². The van der Waals surface area contributed by atoms with Crippen LogP contribution < -0.4 is 10.6 Å². The summed E-state index contributed by atoms with van der Waals surface area (Å²) in [4.78, 5) is 10.8. The van der Waals surface area contributed by atoms with Gasteiger partial charge in [-0.05, 0) is 30.7 Å². The second-order valence-corrected chi connectivity index (χ2v) is 4.82. The van der Waals surface area contributed by atoms with Crippen molar-refractivity contribution in [3.05, 3.63) is 52.4 Å². The fourth-order valence-electron chi connectivity index (χ4n) is 1.90. The van der Waals surface area contributed by atoms with E-state index < -0.39 is 0 Å². The first-order chi connectivity index (χ1) is 9.11. The number of aryl methyl sites for hydroxylation is 1. The lowest BCUT2D eigenvalue weighted by Gasteiger charge is -2.20. The SMILES string of the molecule is Cc1cccc(CN(C)c2nccc(CN)c2Cl)n1. The maximum atomic E-state index is 6.30. The Balaban J connectivity index is 2.23. The van der Waals surface area contributed by atoms with Crippen molar-refractivity contribution in [2.45, 2.75) is 20.0 Å². The van der Waals surface area contributed by atoms with Crippen molar-refractivity contribution >= 4 is 17.4 Å². The van der Waals surface area contributed by atoms with Gasteiger partial charge < -0.3 is 10.6 Å². The number of nitrogens with two attached hydrogens (primary N) is 1. The molecule has 2 heterocycles. The molecule has 0 spiro atoms. The molecule has 0 aromatic carbocycles. The van der Waals surface area contributed by atoms with Crippen molar-refractivity contribution in [1.29, 1.82) is 0 Å². The second kappa shape index (κ2) is 5.99. The standard InChI is InChI=1S/C14H17ClN4/c1-10-4-3-5-12(18-10)9-19(2)14-13(15)11(8-16)6-7-17-14/h3-7H,8-9,16H2,1-2H3. The van der Waals surface area contributed by atoms with Gasteiger partial charge in [-0.2, -0.15) is 0 Å². The summed E-state index contributed by atoms with van der Waals surface area (Å²) in [5.41, 5.74) is 8.53. The van der Waals surface area contributed by atoms with Crippen LogP contribution in [0.5, 0.6) is 0 Å². The Morgan fingerprint density at radius 3 is 2.79 bits per heavy atom. The van der Waals surface area contributed by atoms with E-state index in [9.17, 15) is 0 Å². The number of pyridine rings is 2. The Kier molecular flexibility index (Phi) is 4.35. The third kappa shape index (κ3) is 3.22. The van der Waals surface area contributed by atoms with Gasteiger partial charge in [0, 0.05) is 25.5 Å². The maximum Gasteiger partial charge on any atom is 0.147 e. The minimum atomic E-state index is 0.408. The Hall–Kier alpha value is -1.65. The third-order valence-electron chi connectivity index (χ3n) is 2.88. The van der Waals surface area contributed by atoms with Gasteiger partial charge in [0.2, 0.25) is 0 Å². The van der Waals surface area contributed by atoms with E-state index in [-0.39, 0.29) is 0 Å². The van der Waals surface area contributed by atoms with E-state index >= 15 is 0 Å². The largest absolute Gasteiger partial charge is 0.353 e. The average molecular weight is 277 g/mol. The molecule has 0 aliphatic carbocycles. The number of hydrogen-bond donors (Lipinski definition) is 1. The fraction of sp³-hybridized carbons (Fsp3) is 0.286. The quantitative estimate of drug-likeness (QED) is 0.932. The molecule has 2 aromatic rings. The van der Waals surface area contributed by atoms with Crippen molar-refractivity contribution in [3.63, 3.8) is 0 Å². The number of hydrogen-bond acceptors (Lipinski definition) is 4. The number of anilines is 1. The zero-order valence-electron chi connectivity index (χ0n) is 11.1. The third-order valence-corrected chi connectivity index (χ3v) is 3.29. The molecule has 0 aliphatic rings. The summed E-state index contributed by atoms with van der Waals surface area (Å²) in [7, 11) is 1.94. The molecule has 0 atom stereocenters. The topological polar surface area (TPSA) is 55.0 Å². The highest BCUT2D eigenvalue weighted by atomic mass is 35.5. The Labute approximate surface area is 118 Å². The van der Waals surface area contributed by atoms with Gasteiger partial charge in [-0.1, -0.05) is 17.7 Å². The maximum absolute atomic E-state index is 6.30. The van der Waals surface area contributed by atoms with Gasteiger partial charge in [-0.25, -0.2) is 4.98 Å². The molecule has 0 aliphatic heterocycles. The molecule has 0 saturated heterocycles. The predicted molar refractivity (Wildman–Crippen MR) is 78.2 cm³/mol. The fourth-order valence-corrected chi connectivity index (χ4v) is 2.23. The number of aromatic nitrogens is 2. The van der Waals surface area contributed by atoms with Gasteiger partial charge in [0.05, 0.1) is 17.3 Å². The molecule has 0 radical (unpaired) electrons. The van der Waals surface area contributed by atoms with E-state index in [1.54, 1.807) is 6.20 Å². The van der Waals surface area contributed by atoms with Crippen LogP contribution in [0.1, 0.15) is 17.0 Å². The van der Waals surface area contributed by atoms with Crippen LogP contribution in [0.15, 0.2) is 30.5 Å². The molecule has 0 fully saturated rings. The zero-order chi connectivity index (χ0) is 13.8. The monoisotopic (exact) mass is 276 g/mol. The smallest absolute Gasteiger partial charge is 0.147 e. The zero-order valence-corrected chi connectivity index (χ0v) is 11.9. The van der Waals surface area contributed by atoms with E-state index in [0.29, 0.717) is 18.1 Å². The molecule has 2 rings (SSSR count). The van der Waals surface area contributed by atoms with Crippen LogP contribution in [0, 0.1) is 6.92 Å². The van der Waals surface area contributed by atoms with E-state index in [4.69, 9.17) is 17.3 Å². The molecule has 100 valence electrons. The molecule has 0 bridgehead atoms. The molecular formula is C14H17ClN4. The summed E-state index contributed by atoms with van der Waals surface area (Å²) < 4.78 is 0. The van der Waals surface area contributed by atoms with Crippen LogP contribution in [-0.2, 0) is 13.1 Å². The molecule has 4 nitrogen and oxygen atoms in total. The van der Waals surface area contributed by atoms with E-state index in [0.717, 1.165) is 22.8 Å². The predicted octanol–water partition coefficient (Wildman–Crippen LogP) is 2.53. The molecular weight excluding hydrogens is 260 g/mol. The van der Waals surface area contributed by atoms with Crippen molar-refractivity contribution in [2.24, 2.45) is 5.73 Å². The summed E-state index contributed by atoms with van der Waals surface area (Å²) in [5, 5.41) is 0.611. The first-order valence-electron chi connectivity index (χ1n) is 6.09. The lowest BCUT2D eigenvalue weighted by Crippen LogP contribution is -2.19. The van der Waals surface area contributed by atoms with Gasteiger partial charge in [0.15, 0.2) is 0 Å². The van der Waals surface area contributed by atoms with Gasteiger partial charge in [-0.15, -0.1) is 0 Å².